The average molecular weight is 255 g/mol. The van der Waals surface area contributed by atoms with Crippen molar-refractivity contribution in [3.63, 3.8) is 0 Å². The SMILES string of the molecule is CC(CN1CCCC(C(C)(C)C)CC1)C(=O)NN. The molecule has 3 N–H and O–H groups in total. The van der Waals surface area contributed by atoms with Gasteiger partial charge in [-0.15, -0.1) is 0 Å². The summed E-state index contributed by atoms with van der Waals surface area (Å²) in [6, 6.07) is 0. The Morgan fingerprint density at radius 1 is 1.39 bits per heavy atom. The molecule has 1 amide bonds. The van der Waals surface area contributed by atoms with Gasteiger partial charge in [0.2, 0.25) is 5.91 Å². The average Bonchev–Trinajstić information content (AvgIpc) is 2.52. The normalized spacial score (nSPS) is 24.4. The van der Waals surface area contributed by atoms with Crippen LogP contribution in [0.25, 0.3) is 0 Å². The van der Waals surface area contributed by atoms with Crippen LogP contribution in [0.1, 0.15) is 47.0 Å². The van der Waals surface area contributed by atoms with Gasteiger partial charge < -0.3 is 4.90 Å². The number of nitrogens with one attached hydrogen (secondary N) is 1. The molecule has 0 bridgehead atoms. The molecular formula is C14H29N3O. The fraction of sp³-hybridized carbons (Fsp3) is 0.929. The van der Waals surface area contributed by atoms with Crippen LogP contribution in [0.15, 0.2) is 0 Å². The minimum atomic E-state index is -0.0633. The number of rotatable bonds is 3. The van der Waals surface area contributed by atoms with Gasteiger partial charge >= 0.3 is 0 Å². The minimum absolute atomic E-state index is 0.0267. The van der Waals surface area contributed by atoms with Crippen LogP contribution in [0, 0.1) is 17.3 Å². The Kier molecular flexibility index (Phi) is 5.60. The fourth-order valence-electron chi connectivity index (χ4n) is 2.82. The van der Waals surface area contributed by atoms with Crippen molar-refractivity contribution in [3.8, 4) is 0 Å². The van der Waals surface area contributed by atoms with Gasteiger partial charge in [-0.05, 0) is 43.7 Å². The summed E-state index contributed by atoms with van der Waals surface area (Å²) in [6.07, 6.45) is 3.77. The van der Waals surface area contributed by atoms with Crippen molar-refractivity contribution >= 4 is 5.91 Å². The lowest BCUT2D eigenvalue weighted by Crippen LogP contribution is -2.40. The zero-order chi connectivity index (χ0) is 13.8. The van der Waals surface area contributed by atoms with E-state index in [1.54, 1.807) is 0 Å². The number of carbonyl (C=O) groups excluding carboxylic acids is 1. The van der Waals surface area contributed by atoms with Gasteiger partial charge in [0.15, 0.2) is 0 Å². The largest absolute Gasteiger partial charge is 0.303 e. The number of amides is 1. The molecule has 1 rings (SSSR count). The van der Waals surface area contributed by atoms with Crippen LogP contribution < -0.4 is 11.3 Å². The second-order valence-electron chi connectivity index (χ2n) is 6.70. The molecule has 1 saturated heterocycles. The smallest absolute Gasteiger partial charge is 0.237 e. The maximum atomic E-state index is 11.4. The summed E-state index contributed by atoms with van der Waals surface area (Å²) in [6.45, 7) is 12.0. The number of carbonyl (C=O) groups is 1. The van der Waals surface area contributed by atoms with E-state index in [0.717, 1.165) is 25.6 Å². The van der Waals surface area contributed by atoms with Gasteiger partial charge in [-0.2, -0.15) is 0 Å². The second kappa shape index (κ2) is 6.53. The maximum Gasteiger partial charge on any atom is 0.237 e. The highest BCUT2D eigenvalue weighted by atomic mass is 16.2. The van der Waals surface area contributed by atoms with Gasteiger partial charge in [-0.3, -0.25) is 10.2 Å². The summed E-state index contributed by atoms with van der Waals surface area (Å²) in [5.41, 5.74) is 2.64. The highest BCUT2D eigenvalue weighted by molar-refractivity contribution is 5.77. The van der Waals surface area contributed by atoms with Gasteiger partial charge in [-0.1, -0.05) is 27.7 Å². The quantitative estimate of drug-likeness (QED) is 0.459. The Morgan fingerprint density at radius 3 is 2.61 bits per heavy atom. The van der Waals surface area contributed by atoms with Gasteiger partial charge in [0.05, 0.1) is 0 Å². The third kappa shape index (κ3) is 4.58. The topological polar surface area (TPSA) is 58.4 Å². The highest BCUT2D eigenvalue weighted by Gasteiger charge is 2.27. The molecule has 18 heavy (non-hydrogen) atoms. The Balaban J connectivity index is 2.45. The zero-order valence-electron chi connectivity index (χ0n) is 12.3. The van der Waals surface area contributed by atoms with Crippen LogP contribution in [0.2, 0.25) is 0 Å². The summed E-state index contributed by atoms with van der Waals surface area (Å²) in [7, 11) is 0. The standard InChI is InChI=1S/C14H29N3O/c1-11(13(18)16-15)10-17-8-5-6-12(7-9-17)14(2,3)4/h11-12H,5-10,15H2,1-4H3,(H,16,18). The Labute approximate surface area is 111 Å². The predicted octanol–water partition coefficient (Wildman–Crippen LogP) is 1.76. The number of nitrogens with two attached hydrogens (primary N) is 1. The molecular weight excluding hydrogens is 226 g/mol. The fourth-order valence-corrected chi connectivity index (χ4v) is 2.82. The van der Waals surface area contributed by atoms with E-state index in [0.29, 0.717) is 5.41 Å². The van der Waals surface area contributed by atoms with Crippen LogP contribution in [0.4, 0.5) is 0 Å². The van der Waals surface area contributed by atoms with Crippen LogP contribution >= 0.6 is 0 Å². The first-order chi connectivity index (χ1) is 8.34. The predicted molar refractivity (Wildman–Crippen MR) is 74.7 cm³/mol. The van der Waals surface area contributed by atoms with Crippen molar-refractivity contribution in [2.75, 3.05) is 19.6 Å². The van der Waals surface area contributed by atoms with Gasteiger partial charge in [0.1, 0.15) is 0 Å². The van der Waals surface area contributed by atoms with E-state index >= 15 is 0 Å². The van der Waals surface area contributed by atoms with Gasteiger partial charge in [0.25, 0.3) is 0 Å². The van der Waals surface area contributed by atoms with Crippen LogP contribution in [0.5, 0.6) is 0 Å². The molecule has 0 aliphatic carbocycles. The molecule has 0 radical (unpaired) electrons. The first-order valence-corrected chi connectivity index (χ1v) is 7.07. The molecule has 0 aromatic heterocycles. The number of likely N-dealkylation sites (tertiary alicyclic amines) is 1. The number of nitrogens with zero attached hydrogens (tertiary/aromatic N) is 1. The summed E-state index contributed by atoms with van der Waals surface area (Å²) in [5, 5.41) is 0. The molecule has 2 atom stereocenters. The summed E-state index contributed by atoms with van der Waals surface area (Å²) in [4.78, 5) is 13.8. The number of hydrogen-bond donors (Lipinski definition) is 2. The van der Waals surface area contributed by atoms with Crippen molar-refractivity contribution in [1.29, 1.82) is 0 Å². The molecule has 0 spiro atoms. The van der Waals surface area contributed by atoms with Crippen LogP contribution in [-0.2, 0) is 4.79 Å². The maximum absolute atomic E-state index is 11.4. The van der Waals surface area contributed by atoms with E-state index in [9.17, 15) is 4.79 Å². The molecule has 0 aromatic rings. The third-order valence-corrected chi connectivity index (χ3v) is 4.17. The van der Waals surface area contributed by atoms with E-state index < -0.39 is 0 Å². The molecule has 1 heterocycles. The van der Waals surface area contributed by atoms with Crippen molar-refractivity contribution < 1.29 is 4.79 Å². The molecule has 0 saturated carbocycles. The third-order valence-electron chi connectivity index (χ3n) is 4.17. The Bertz CT molecular complexity index is 273. The van der Waals surface area contributed by atoms with E-state index in [1.165, 1.54) is 19.3 Å². The summed E-state index contributed by atoms with van der Waals surface area (Å²) < 4.78 is 0. The zero-order valence-corrected chi connectivity index (χ0v) is 12.3. The van der Waals surface area contributed by atoms with E-state index in [2.05, 4.69) is 31.1 Å². The molecule has 4 nitrogen and oxygen atoms in total. The van der Waals surface area contributed by atoms with E-state index in [4.69, 9.17) is 5.84 Å². The first kappa shape index (κ1) is 15.4. The highest BCUT2D eigenvalue weighted by Crippen LogP contribution is 2.34. The van der Waals surface area contributed by atoms with Crippen molar-refractivity contribution in [3.05, 3.63) is 0 Å². The Hall–Kier alpha value is -0.610. The lowest BCUT2D eigenvalue weighted by Gasteiger charge is -2.30. The van der Waals surface area contributed by atoms with Gasteiger partial charge in [-0.25, -0.2) is 5.84 Å². The van der Waals surface area contributed by atoms with Crippen molar-refractivity contribution in [2.45, 2.75) is 47.0 Å². The molecule has 106 valence electrons. The van der Waals surface area contributed by atoms with Gasteiger partial charge in [0, 0.05) is 12.5 Å². The number of hydrogen-bond acceptors (Lipinski definition) is 3. The minimum Gasteiger partial charge on any atom is -0.303 e. The molecule has 4 heteroatoms. The van der Waals surface area contributed by atoms with E-state index in [1.807, 2.05) is 6.92 Å². The molecule has 1 fully saturated rings. The molecule has 1 aliphatic heterocycles. The molecule has 0 aromatic carbocycles. The van der Waals surface area contributed by atoms with Crippen LogP contribution in [0.3, 0.4) is 0 Å². The summed E-state index contributed by atoms with van der Waals surface area (Å²) in [5.74, 6) is 5.87. The van der Waals surface area contributed by atoms with Crippen molar-refractivity contribution in [1.82, 2.24) is 10.3 Å². The first-order valence-electron chi connectivity index (χ1n) is 7.07. The summed E-state index contributed by atoms with van der Waals surface area (Å²) >= 11 is 0. The number of hydrazine groups is 1. The molecule has 1 aliphatic rings. The van der Waals surface area contributed by atoms with E-state index in [-0.39, 0.29) is 11.8 Å². The lowest BCUT2D eigenvalue weighted by molar-refractivity contribution is -0.125. The lowest BCUT2D eigenvalue weighted by atomic mass is 9.77. The molecule has 2 unspecified atom stereocenters. The monoisotopic (exact) mass is 255 g/mol. The van der Waals surface area contributed by atoms with Crippen LogP contribution in [-0.4, -0.2) is 30.4 Å². The van der Waals surface area contributed by atoms with Crippen molar-refractivity contribution in [2.24, 2.45) is 23.1 Å². The Morgan fingerprint density at radius 2 is 2.06 bits per heavy atom. The second-order valence-corrected chi connectivity index (χ2v) is 6.70.